The third-order valence-corrected chi connectivity index (χ3v) is 4.87. The maximum Gasteiger partial charge on any atom is 0.191 e. The summed E-state index contributed by atoms with van der Waals surface area (Å²) in [4.78, 5) is 15.0. The lowest BCUT2D eigenvalue weighted by Crippen LogP contribution is -2.38. The van der Waals surface area contributed by atoms with Gasteiger partial charge in [-0.2, -0.15) is 0 Å². The number of fused-ring (bicyclic) bond motifs is 1. The van der Waals surface area contributed by atoms with Gasteiger partial charge in [0.05, 0.1) is 22.9 Å². The summed E-state index contributed by atoms with van der Waals surface area (Å²) in [5, 5.41) is 7.76. The van der Waals surface area contributed by atoms with Gasteiger partial charge in [-0.05, 0) is 32.9 Å². The first-order valence-corrected chi connectivity index (χ1v) is 9.35. The molecule has 3 heterocycles. The summed E-state index contributed by atoms with van der Waals surface area (Å²) in [6, 6.07) is 6.03. The van der Waals surface area contributed by atoms with E-state index >= 15 is 0 Å². The van der Waals surface area contributed by atoms with Crippen molar-refractivity contribution in [3.63, 3.8) is 0 Å². The van der Waals surface area contributed by atoms with Gasteiger partial charge in [0, 0.05) is 36.8 Å². The van der Waals surface area contributed by atoms with Crippen LogP contribution in [0, 0.1) is 13.8 Å². The molecule has 0 aromatic carbocycles. The number of rotatable bonds is 6. The molecule has 0 saturated heterocycles. The number of hydrogen-bond acceptors (Lipinski definition) is 4. The second-order valence-corrected chi connectivity index (χ2v) is 7.10. The Morgan fingerprint density at radius 2 is 2.08 bits per heavy atom. The zero-order chi connectivity index (χ0) is 17.6. The SMILES string of the molecule is CCNC(=NCc1sc(C)nc1C)NCCc1cn2ccccc2n1.I. The van der Waals surface area contributed by atoms with E-state index in [0.717, 1.165) is 47.5 Å². The number of guanidine groups is 1. The lowest BCUT2D eigenvalue weighted by Gasteiger charge is -2.10. The number of aromatic nitrogens is 3. The van der Waals surface area contributed by atoms with Gasteiger partial charge >= 0.3 is 0 Å². The summed E-state index contributed by atoms with van der Waals surface area (Å²) in [6.07, 6.45) is 4.94. The first kappa shape index (κ1) is 20.6. The highest BCUT2D eigenvalue weighted by molar-refractivity contribution is 14.0. The fraction of sp³-hybridized carbons (Fsp3) is 0.389. The van der Waals surface area contributed by atoms with Gasteiger partial charge in [0.25, 0.3) is 0 Å². The van der Waals surface area contributed by atoms with Crippen molar-refractivity contribution in [2.24, 2.45) is 4.99 Å². The van der Waals surface area contributed by atoms with Crippen LogP contribution in [0.2, 0.25) is 0 Å². The maximum absolute atomic E-state index is 4.67. The number of nitrogens with one attached hydrogen (secondary N) is 2. The normalized spacial score (nSPS) is 11.4. The van der Waals surface area contributed by atoms with Gasteiger partial charge in [0.15, 0.2) is 5.96 Å². The molecular weight excluding hydrogens is 459 g/mol. The fourth-order valence-corrected chi connectivity index (χ4v) is 3.49. The monoisotopic (exact) mass is 484 g/mol. The number of pyridine rings is 1. The lowest BCUT2D eigenvalue weighted by atomic mass is 10.3. The smallest absolute Gasteiger partial charge is 0.191 e. The van der Waals surface area contributed by atoms with Crippen LogP contribution in [0.3, 0.4) is 0 Å². The van der Waals surface area contributed by atoms with Crippen LogP contribution in [-0.4, -0.2) is 33.4 Å². The average molecular weight is 484 g/mol. The number of thiazole rings is 1. The molecule has 0 fully saturated rings. The van der Waals surface area contributed by atoms with Gasteiger partial charge in [-0.3, -0.25) is 0 Å². The molecule has 0 amide bonds. The second kappa shape index (κ2) is 9.86. The molecule has 0 spiro atoms. The van der Waals surface area contributed by atoms with E-state index < -0.39 is 0 Å². The van der Waals surface area contributed by atoms with E-state index in [9.17, 15) is 0 Å². The van der Waals surface area contributed by atoms with Crippen molar-refractivity contribution in [2.45, 2.75) is 33.7 Å². The molecule has 0 radical (unpaired) electrons. The molecular formula is C18H25IN6S. The number of imidazole rings is 1. The van der Waals surface area contributed by atoms with Crippen molar-refractivity contribution < 1.29 is 0 Å². The lowest BCUT2D eigenvalue weighted by molar-refractivity contribution is 0.792. The third-order valence-electron chi connectivity index (χ3n) is 3.81. The van der Waals surface area contributed by atoms with Crippen molar-refractivity contribution in [3.05, 3.63) is 51.9 Å². The van der Waals surface area contributed by atoms with Gasteiger partial charge in [-0.15, -0.1) is 35.3 Å². The van der Waals surface area contributed by atoms with Crippen molar-refractivity contribution in [3.8, 4) is 0 Å². The van der Waals surface area contributed by atoms with Crippen LogP contribution in [0.5, 0.6) is 0 Å². The Labute approximate surface area is 175 Å². The third kappa shape index (κ3) is 5.41. The van der Waals surface area contributed by atoms with E-state index in [0.29, 0.717) is 6.54 Å². The van der Waals surface area contributed by atoms with Crippen molar-refractivity contribution in [1.29, 1.82) is 0 Å². The summed E-state index contributed by atoms with van der Waals surface area (Å²) in [6.45, 7) is 8.42. The molecule has 0 aliphatic carbocycles. The second-order valence-electron chi connectivity index (χ2n) is 5.81. The quantitative estimate of drug-likeness (QED) is 0.320. The Bertz CT molecular complexity index is 837. The maximum atomic E-state index is 4.67. The first-order chi connectivity index (χ1) is 12.2. The number of aliphatic imine (C=N–C) groups is 1. The first-order valence-electron chi connectivity index (χ1n) is 8.53. The molecule has 0 unspecified atom stereocenters. The van der Waals surface area contributed by atoms with E-state index in [4.69, 9.17) is 0 Å². The predicted octanol–water partition coefficient (Wildman–Crippen LogP) is 3.32. The average Bonchev–Trinajstić information content (AvgIpc) is 3.14. The minimum atomic E-state index is 0. The molecule has 0 aliphatic rings. The number of nitrogens with zero attached hydrogens (tertiary/aromatic N) is 4. The fourth-order valence-electron chi connectivity index (χ4n) is 2.63. The molecule has 0 saturated carbocycles. The van der Waals surface area contributed by atoms with Crippen LogP contribution >= 0.6 is 35.3 Å². The molecule has 2 N–H and O–H groups in total. The summed E-state index contributed by atoms with van der Waals surface area (Å²) in [5.41, 5.74) is 3.13. The Hall–Kier alpha value is -1.68. The van der Waals surface area contributed by atoms with Crippen molar-refractivity contribution in [2.75, 3.05) is 13.1 Å². The van der Waals surface area contributed by atoms with Crippen LogP contribution in [0.15, 0.2) is 35.6 Å². The standard InChI is InChI=1S/C18H24N6S.HI/c1-4-19-18(21-11-16-13(2)22-14(3)25-16)20-9-8-15-12-24-10-6-5-7-17(24)23-15;/h5-7,10,12H,4,8-9,11H2,1-3H3,(H2,19,20,21);1H. The van der Waals surface area contributed by atoms with Gasteiger partial charge in [-0.25, -0.2) is 15.0 Å². The minimum absolute atomic E-state index is 0. The van der Waals surface area contributed by atoms with E-state index in [1.54, 1.807) is 11.3 Å². The van der Waals surface area contributed by atoms with E-state index in [1.807, 2.05) is 42.6 Å². The van der Waals surface area contributed by atoms with Crippen molar-refractivity contribution in [1.82, 2.24) is 25.0 Å². The summed E-state index contributed by atoms with van der Waals surface area (Å²) in [7, 11) is 0. The molecule has 140 valence electrons. The van der Waals surface area contributed by atoms with Gasteiger partial charge in [-0.1, -0.05) is 6.07 Å². The Kier molecular flexibility index (Phi) is 7.83. The van der Waals surface area contributed by atoms with E-state index in [1.165, 1.54) is 4.88 Å². The molecule has 6 nitrogen and oxygen atoms in total. The molecule has 3 rings (SSSR count). The van der Waals surface area contributed by atoms with Crippen LogP contribution in [0.25, 0.3) is 5.65 Å². The molecule has 0 bridgehead atoms. The minimum Gasteiger partial charge on any atom is -0.357 e. The topological polar surface area (TPSA) is 66.6 Å². The molecule has 8 heteroatoms. The summed E-state index contributed by atoms with van der Waals surface area (Å²) >= 11 is 1.71. The Morgan fingerprint density at radius 1 is 1.23 bits per heavy atom. The van der Waals surface area contributed by atoms with Crippen LogP contribution < -0.4 is 10.6 Å². The highest BCUT2D eigenvalue weighted by atomic mass is 127. The zero-order valence-electron chi connectivity index (χ0n) is 15.3. The van der Waals surface area contributed by atoms with Gasteiger partial charge in [0.1, 0.15) is 5.65 Å². The van der Waals surface area contributed by atoms with E-state index in [-0.39, 0.29) is 24.0 Å². The predicted molar refractivity (Wildman–Crippen MR) is 119 cm³/mol. The molecule has 26 heavy (non-hydrogen) atoms. The molecule has 3 aromatic heterocycles. The molecule has 0 atom stereocenters. The van der Waals surface area contributed by atoms with Crippen LogP contribution in [-0.2, 0) is 13.0 Å². The van der Waals surface area contributed by atoms with Gasteiger partial charge < -0.3 is 15.0 Å². The molecule has 3 aromatic rings. The van der Waals surface area contributed by atoms with Crippen molar-refractivity contribution >= 4 is 46.9 Å². The highest BCUT2D eigenvalue weighted by Crippen LogP contribution is 2.17. The highest BCUT2D eigenvalue weighted by Gasteiger charge is 2.05. The van der Waals surface area contributed by atoms with E-state index in [2.05, 4.69) is 38.7 Å². The zero-order valence-corrected chi connectivity index (χ0v) is 18.5. The Morgan fingerprint density at radius 3 is 2.77 bits per heavy atom. The number of halogens is 1. The molecule has 0 aliphatic heterocycles. The van der Waals surface area contributed by atoms with Crippen LogP contribution in [0.1, 0.15) is 28.2 Å². The Balaban J connectivity index is 0.00000243. The number of aryl methyl sites for hydroxylation is 2. The van der Waals surface area contributed by atoms with Crippen LogP contribution in [0.4, 0.5) is 0 Å². The van der Waals surface area contributed by atoms with Gasteiger partial charge in [0.2, 0.25) is 0 Å². The summed E-state index contributed by atoms with van der Waals surface area (Å²) < 4.78 is 2.05. The largest absolute Gasteiger partial charge is 0.357 e. The number of hydrogen-bond donors (Lipinski definition) is 2. The summed E-state index contributed by atoms with van der Waals surface area (Å²) in [5.74, 6) is 0.830.